The van der Waals surface area contributed by atoms with Crippen molar-refractivity contribution in [3.05, 3.63) is 23.8 Å². The van der Waals surface area contributed by atoms with Gasteiger partial charge >= 0.3 is 0 Å². The van der Waals surface area contributed by atoms with Gasteiger partial charge < -0.3 is 24.0 Å². The second-order valence-electron chi connectivity index (χ2n) is 7.14. The number of hydrogen-bond donors (Lipinski definition) is 0. The Labute approximate surface area is 170 Å². The van der Waals surface area contributed by atoms with Crippen molar-refractivity contribution < 1.29 is 23.8 Å². The summed E-state index contributed by atoms with van der Waals surface area (Å²) in [5.74, 6) is 0.990. The van der Waals surface area contributed by atoms with Gasteiger partial charge in [0.15, 0.2) is 11.5 Å². The van der Waals surface area contributed by atoms with E-state index in [1.54, 1.807) is 9.80 Å². The molecule has 3 rings (SSSR count). The quantitative estimate of drug-likeness (QED) is 0.721. The lowest BCUT2D eigenvalue weighted by Crippen LogP contribution is -2.52. The first-order valence-electron chi connectivity index (χ1n) is 9.92. The number of rotatable bonds is 6. The Kier molecular flexibility index (Phi) is 6.94. The monoisotopic (exact) mass is 401 g/mol. The van der Waals surface area contributed by atoms with Crippen LogP contribution in [-0.2, 0) is 14.3 Å². The fourth-order valence-electron chi connectivity index (χ4n) is 4.09. The summed E-state index contributed by atoms with van der Waals surface area (Å²) in [5, 5.41) is 8.93. The highest BCUT2D eigenvalue weighted by atomic mass is 16.5. The first-order valence-corrected chi connectivity index (χ1v) is 9.92. The van der Waals surface area contributed by atoms with E-state index >= 15 is 0 Å². The number of ether oxygens (including phenoxy) is 3. The maximum absolute atomic E-state index is 12.9. The normalized spacial score (nSPS) is 21.2. The second-order valence-corrected chi connectivity index (χ2v) is 7.14. The molecule has 156 valence electrons. The van der Waals surface area contributed by atoms with Crippen LogP contribution in [-0.4, -0.2) is 68.2 Å². The Hall–Kier alpha value is -2.79. The molecular formula is C21H27N3O5. The third-order valence-corrected chi connectivity index (χ3v) is 5.31. The minimum absolute atomic E-state index is 0.0447. The maximum atomic E-state index is 12.9. The molecule has 1 saturated heterocycles. The molecule has 0 spiro atoms. The van der Waals surface area contributed by atoms with E-state index in [1.807, 2.05) is 25.1 Å². The average Bonchev–Trinajstić information content (AvgIpc) is 2.71. The molecule has 29 heavy (non-hydrogen) atoms. The van der Waals surface area contributed by atoms with Crippen molar-refractivity contribution >= 4 is 11.8 Å². The first-order chi connectivity index (χ1) is 14.1. The van der Waals surface area contributed by atoms with Crippen LogP contribution in [0.5, 0.6) is 11.5 Å². The van der Waals surface area contributed by atoms with Gasteiger partial charge in [0, 0.05) is 44.6 Å². The van der Waals surface area contributed by atoms with Crippen molar-refractivity contribution in [1.82, 2.24) is 9.80 Å². The number of fused-ring (bicyclic) bond motifs is 3. The van der Waals surface area contributed by atoms with Crippen molar-refractivity contribution in [2.75, 3.05) is 46.6 Å². The highest BCUT2D eigenvalue weighted by Gasteiger charge is 2.41. The molecule has 1 aromatic carbocycles. The molecule has 8 heteroatoms. The van der Waals surface area contributed by atoms with E-state index in [4.69, 9.17) is 19.5 Å². The summed E-state index contributed by atoms with van der Waals surface area (Å²) < 4.78 is 16.9. The molecule has 0 aromatic heterocycles. The van der Waals surface area contributed by atoms with Gasteiger partial charge in [-0.15, -0.1) is 0 Å². The van der Waals surface area contributed by atoms with Gasteiger partial charge in [0.25, 0.3) is 0 Å². The Morgan fingerprint density at radius 1 is 1.41 bits per heavy atom. The second kappa shape index (κ2) is 9.61. The van der Waals surface area contributed by atoms with E-state index in [1.165, 1.54) is 7.11 Å². The van der Waals surface area contributed by atoms with E-state index in [9.17, 15) is 9.59 Å². The lowest BCUT2D eigenvalue weighted by molar-refractivity contribution is -0.145. The predicted molar refractivity (Wildman–Crippen MR) is 104 cm³/mol. The molecule has 2 amide bonds. The molecule has 2 aliphatic heterocycles. The lowest BCUT2D eigenvalue weighted by Gasteiger charge is -2.44. The Bertz CT molecular complexity index is 791. The number of carbonyl (C=O) groups excluding carboxylic acids is 2. The largest absolute Gasteiger partial charge is 0.490 e. The molecule has 2 aliphatic rings. The van der Waals surface area contributed by atoms with E-state index in [2.05, 4.69) is 6.07 Å². The third kappa shape index (κ3) is 4.46. The summed E-state index contributed by atoms with van der Waals surface area (Å²) >= 11 is 0. The highest BCUT2D eigenvalue weighted by Crippen LogP contribution is 2.45. The minimum Gasteiger partial charge on any atom is -0.490 e. The van der Waals surface area contributed by atoms with Crippen LogP contribution in [0, 0.1) is 17.2 Å². The smallest absolute Gasteiger partial charge is 0.249 e. The molecule has 1 aromatic rings. The standard InChI is InChI=1S/C21H27N3O5/c1-3-28-17-7-4-6-16-20-15(13-29-21(16)17)12-23(10-5-9-22)18(25)8-11-24(20)19(26)14-27-2/h4,6-7,15,20H,3,5,8,10-14H2,1-2H3/t15-,20-/m0/s1. The molecule has 0 bridgehead atoms. The maximum Gasteiger partial charge on any atom is 0.249 e. The van der Waals surface area contributed by atoms with Crippen molar-refractivity contribution in [1.29, 1.82) is 5.26 Å². The van der Waals surface area contributed by atoms with Crippen molar-refractivity contribution in [2.45, 2.75) is 25.8 Å². The van der Waals surface area contributed by atoms with Crippen LogP contribution < -0.4 is 9.47 Å². The molecule has 0 radical (unpaired) electrons. The van der Waals surface area contributed by atoms with Crippen LogP contribution >= 0.6 is 0 Å². The van der Waals surface area contributed by atoms with Gasteiger partial charge in [0.2, 0.25) is 11.8 Å². The fourth-order valence-corrected chi connectivity index (χ4v) is 4.09. The van der Waals surface area contributed by atoms with Crippen LogP contribution in [0.25, 0.3) is 0 Å². The number of amides is 2. The number of carbonyl (C=O) groups is 2. The molecule has 2 heterocycles. The van der Waals surface area contributed by atoms with Crippen LogP contribution in [0.1, 0.15) is 31.4 Å². The van der Waals surface area contributed by atoms with Gasteiger partial charge in [-0.1, -0.05) is 12.1 Å². The van der Waals surface area contributed by atoms with E-state index < -0.39 is 0 Å². The van der Waals surface area contributed by atoms with Crippen molar-refractivity contribution in [3.63, 3.8) is 0 Å². The number of nitriles is 1. The summed E-state index contributed by atoms with van der Waals surface area (Å²) in [7, 11) is 1.49. The zero-order valence-corrected chi connectivity index (χ0v) is 16.9. The van der Waals surface area contributed by atoms with E-state index in [0.717, 1.165) is 5.56 Å². The topological polar surface area (TPSA) is 92.1 Å². The average molecular weight is 401 g/mol. The zero-order chi connectivity index (χ0) is 20.8. The van der Waals surface area contributed by atoms with Crippen LogP contribution in [0.3, 0.4) is 0 Å². The number of methoxy groups -OCH3 is 1. The lowest BCUT2D eigenvalue weighted by atomic mass is 9.87. The highest BCUT2D eigenvalue weighted by molar-refractivity contribution is 5.81. The Morgan fingerprint density at radius 2 is 2.24 bits per heavy atom. The molecule has 0 aliphatic carbocycles. The fraction of sp³-hybridized carbons (Fsp3) is 0.571. The summed E-state index contributed by atoms with van der Waals surface area (Å²) in [6.45, 7) is 3.84. The molecule has 2 atom stereocenters. The number of benzene rings is 1. The van der Waals surface area contributed by atoms with Gasteiger partial charge in [0.05, 0.1) is 31.7 Å². The van der Waals surface area contributed by atoms with Crippen molar-refractivity contribution in [2.24, 2.45) is 5.92 Å². The van der Waals surface area contributed by atoms with Crippen LogP contribution in [0.15, 0.2) is 18.2 Å². The Balaban J connectivity index is 2.00. The number of hydrogen-bond acceptors (Lipinski definition) is 6. The minimum atomic E-state index is -0.250. The molecular weight excluding hydrogens is 374 g/mol. The molecule has 0 unspecified atom stereocenters. The van der Waals surface area contributed by atoms with Gasteiger partial charge in [0.1, 0.15) is 6.61 Å². The summed E-state index contributed by atoms with van der Waals surface area (Å²) in [6, 6.07) is 7.55. The zero-order valence-electron chi connectivity index (χ0n) is 16.9. The Morgan fingerprint density at radius 3 is 2.97 bits per heavy atom. The van der Waals surface area contributed by atoms with E-state index in [0.29, 0.717) is 44.3 Å². The molecule has 0 saturated carbocycles. The third-order valence-electron chi connectivity index (χ3n) is 5.31. The summed E-state index contributed by atoms with van der Waals surface area (Å²) in [6.07, 6.45) is 0.493. The van der Waals surface area contributed by atoms with Crippen molar-refractivity contribution in [3.8, 4) is 17.6 Å². The molecule has 0 N–H and O–H groups in total. The van der Waals surface area contributed by atoms with Crippen LogP contribution in [0.2, 0.25) is 0 Å². The molecule has 8 nitrogen and oxygen atoms in total. The SMILES string of the molecule is CCOc1cccc2c1OC[C@@H]1CN(CCC#N)C(=O)CCN(C(=O)COC)[C@H]21. The summed E-state index contributed by atoms with van der Waals surface area (Å²) in [4.78, 5) is 29.0. The van der Waals surface area contributed by atoms with Gasteiger partial charge in [-0.2, -0.15) is 5.26 Å². The first kappa shape index (κ1) is 20.9. The summed E-state index contributed by atoms with van der Waals surface area (Å²) in [5.41, 5.74) is 0.881. The van der Waals surface area contributed by atoms with Gasteiger partial charge in [-0.3, -0.25) is 9.59 Å². The van der Waals surface area contributed by atoms with Gasteiger partial charge in [-0.05, 0) is 13.0 Å². The van der Waals surface area contributed by atoms with Crippen LogP contribution in [0.4, 0.5) is 0 Å². The molecule has 1 fully saturated rings. The van der Waals surface area contributed by atoms with E-state index in [-0.39, 0.29) is 43.2 Å². The number of nitrogens with zero attached hydrogens (tertiary/aromatic N) is 3. The van der Waals surface area contributed by atoms with Gasteiger partial charge in [-0.25, -0.2) is 0 Å². The predicted octanol–water partition coefficient (Wildman–Crippen LogP) is 1.76. The number of para-hydroxylation sites is 1.